The van der Waals surface area contributed by atoms with E-state index in [9.17, 15) is 0 Å². The minimum atomic E-state index is 0. The molecular formula is C44H50SiZr. The first kappa shape index (κ1) is 36.3. The van der Waals surface area contributed by atoms with Gasteiger partial charge in [-0.15, -0.1) is 11.8 Å². The molecule has 3 aliphatic rings. The fraction of sp³-hybridized carbons (Fsp3) is 0.318. The van der Waals surface area contributed by atoms with Crippen molar-refractivity contribution in [3.63, 3.8) is 0 Å². The van der Waals surface area contributed by atoms with Crippen molar-refractivity contribution in [2.24, 2.45) is 0 Å². The average molecular weight is 698 g/mol. The summed E-state index contributed by atoms with van der Waals surface area (Å²) in [6, 6.07) is 38.5. The van der Waals surface area contributed by atoms with Gasteiger partial charge in [0, 0.05) is 9.52 Å². The quantitative estimate of drug-likeness (QED) is 0.133. The number of rotatable bonds is 7. The molecule has 0 saturated carbocycles. The number of unbranched alkanes of at least 4 members (excludes halogenated alkanes) is 1. The van der Waals surface area contributed by atoms with E-state index >= 15 is 0 Å². The Bertz CT molecular complexity index is 1460. The Morgan fingerprint density at radius 3 is 1.41 bits per heavy atom. The third-order valence-corrected chi connectivity index (χ3v) is 10.7. The van der Waals surface area contributed by atoms with Crippen molar-refractivity contribution in [1.29, 1.82) is 0 Å². The van der Waals surface area contributed by atoms with Crippen molar-refractivity contribution < 1.29 is 26.2 Å². The van der Waals surface area contributed by atoms with Gasteiger partial charge in [-0.05, 0) is 47.2 Å². The smallest absolute Gasteiger partial charge is 0.343 e. The van der Waals surface area contributed by atoms with E-state index in [1.807, 2.05) is 0 Å². The number of benzene rings is 4. The van der Waals surface area contributed by atoms with Crippen molar-refractivity contribution in [2.75, 3.05) is 0 Å². The maximum Gasteiger partial charge on any atom is 2.00 e. The summed E-state index contributed by atoms with van der Waals surface area (Å²) in [7, 11) is 1.31. The monoisotopic (exact) mass is 696 g/mol. The summed E-state index contributed by atoms with van der Waals surface area (Å²) < 4.78 is 0. The van der Waals surface area contributed by atoms with Crippen LogP contribution in [0.2, 0.25) is 12.1 Å². The second kappa shape index (κ2) is 18.1. The molecule has 1 heterocycles. The van der Waals surface area contributed by atoms with Crippen molar-refractivity contribution in [3.8, 4) is 22.3 Å². The van der Waals surface area contributed by atoms with Crippen LogP contribution >= 0.6 is 0 Å². The van der Waals surface area contributed by atoms with E-state index in [1.54, 1.807) is 5.92 Å². The van der Waals surface area contributed by atoms with E-state index in [-0.39, 0.29) is 26.2 Å². The number of hydrogen-bond acceptors (Lipinski definition) is 0. The Balaban J connectivity index is 0.000000421. The first-order valence-electron chi connectivity index (χ1n) is 17.2. The molecule has 1 aliphatic heterocycles. The molecule has 4 aromatic rings. The molecule has 1 saturated heterocycles. The van der Waals surface area contributed by atoms with Crippen LogP contribution in [0, 0.1) is 12.8 Å². The minimum Gasteiger partial charge on any atom is -0.343 e. The zero-order chi connectivity index (χ0) is 31.6. The van der Waals surface area contributed by atoms with Crippen LogP contribution in [0.3, 0.4) is 0 Å². The molecule has 0 spiro atoms. The largest absolute Gasteiger partial charge is 2.00 e. The SMILES string of the molecule is C1CC[Si]C1.CCC[C-](C1C(C)=Cc2c(-c3ccccc3)cccc21)C1C(C)=Cc2c(-c3ccccc3)cccc21.[CH2-]CCC.[Zr+2]. The molecule has 2 aliphatic carbocycles. The van der Waals surface area contributed by atoms with Crippen LogP contribution in [-0.4, -0.2) is 9.52 Å². The van der Waals surface area contributed by atoms with Gasteiger partial charge < -0.3 is 6.92 Å². The van der Waals surface area contributed by atoms with Crippen LogP contribution in [0.4, 0.5) is 0 Å². The Hall–Kier alpha value is -2.54. The molecule has 1 fully saturated rings. The van der Waals surface area contributed by atoms with Crippen LogP contribution in [0.1, 0.15) is 100 Å². The van der Waals surface area contributed by atoms with Crippen LogP contribution < -0.4 is 0 Å². The molecule has 234 valence electrons. The second-order valence-electron chi connectivity index (χ2n) is 12.6. The van der Waals surface area contributed by atoms with Gasteiger partial charge in [0.1, 0.15) is 0 Å². The summed E-state index contributed by atoms with van der Waals surface area (Å²) in [6.07, 6.45) is 12.5. The molecule has 0 amide bonds. The predicted molar refractivity (Wildman–Crippen MR) is 200 cm³/mol. The molecule has 2 heteroatoms. The van der Waals surface area contributed by atoms with E-state index in [4.69, 9.17) is 0 Å². The molecule has 0 aromatic heterocycles. The van der Waals surface area contributed by atoms with Crippen LogP contribution in [0.25, 0.3) is 34.4 Å². The molecule has 2 radical (unpaired) electrons. The molecule has 2 atom stereocenters. The second-order valence-corrected chi connectivity index (χ2v) is 14.1. The van der Waals surface area contributed by atoms with Gasteiger partial charge in [0.25, 0.3) is 0 Å². The maximum atomic E-state index is 3.60. The van der Waals surface area contributed by atoms with Crippen molar-refractivity contribution in [1.82, 2.24) is 0 Å². The molecule has 0 N–H and O–H groups in total. The Kier molecular flexibility index (Phi) is 14.3. The van der Waals surface area contributed by atoms with Crippen LogP contribution in [0.15, 0.2) is 108 Å². The molecule has 7 rings (SSSR count). The van der Waals surface area contributed by atoms with E-state index in [0.717, 1.165) is 19.3 Å². The minimum absolute atomic E-state index is 0. The Morgan fingerprint density at radius 2 is 1.07 bits per heavy atom. The Morgan fingerprint density at radius 1 is 0.630 bits per heavy atom. The van der Waals surface area contributed by atoms with Gasteiger partial charge in [-0.25, -0.2) is 0 Å². The summed E-state index contributed by atoms with van der Waals surface area (Å²) in [4.78, 5) is 0. The van der Waals surface area contributed by atoms with E-state index in [1.165, 1.54) is 96.5 Å². The standard InChI is InChI=1S/C36H33.C4H8Si.C4H9.Zr/c1-4-13-32(35-24(2)22-33-28(18-11-20-30(33)35)26-14-7-5-8-15-26)36-25(3)23-34-29(19-12-21-31(34)36)27-16-9-6-10-17-27;1-2-4-5-3-1;1-3-4-2;/h5-12,14-23,35-36H,4,13H2,1-3H3;1-4H2;1,3-4H2,2H3;/q-1;;-1;+2. The van der Waals surface area contributed by atoms with E-state index < -0.39 is 0 Å². The van der Waals surface area contributed by atoms with Gasteiger partial charge in [0.05, 0.1) is 0 Å². The van der Waals surface area contributed by atoms with Gasteiger partial charge in [-0.2, -0.15) is 12.8 Å². The Labute approximate surface area is 301 Å². The molecule has 0 nitrogen and oxygen atoms in total. The van der Waals surface area contributed by atoms with Gasteiger partial charge in [0.2, 0.25) is 0 Å². The average Bonchev–Trinajstić information content (AvgIpc) is 3.84. The first-order valence-corrected chi connectivity index (χ1v) is 18.6. The summed E-state index contributed by atoms with van der Waals surface area (Å²) in [6.45, 7) is 12.7. The normalized spacial score (nSPS) is 17.4. The third-order valence-electron chi connectivity index (χ3n) is 9.32. The fourth-order valence-corrected chi connectivity index (χ4v) is 8.45. The van der Waals surface area contributed by atoms with Gasteiger partial charge in [-0.1, -0.05) is 183 Å². The van der Waals surface area contributed by atoms with Gasteiger partial charge in [0.15, 0.2) is 0 Å². The topological polar surface area (TPSA) is 0 Å². The summed E-state index contributed by atoms with van der Waals surface area (Å²) in [5, 5.41) is 0. The molecular weight excluding hydrogens is 648 g/mol. The van der Waals surface area contributed by atoms with Crippen LogP contribution in [-0.2, 0) is 26.2 Å². The number of fused-ring (bicyclic) bond motifs is 2. The first-order chi connectivity index (χ1) is 22.1. The maximum absolute atomic E-state index is 3.60. The number of hydrogen-bond donors (Lipinski definition) is 0. The van der Waals surface area contributed by atoms with Crippen LogP contribution in [0.5, 0.6) is 0 Å². The van der Waals surface area contributed by atoms with Crippen molar-refractivity contribution in [2.45, 2.75) is 90.1 Å². The third kappa shape index (κ3) is 8.29. The zero-order valence-corrected chi connectivity index (χ0v) is 31.9. The van der Waals surface area contributed by atoms with Crippen molar-refractivity contribution >= 4 is 21.7 Å². The molecule has 0 bridgehead atoms. The molecule has 2 unspecified atom stereocenters. The van der Waals surface area contributed by atoms with Gasteiger partial charge >= 0.3 is 26.2 Å². The van der Waals surface area contributed by atoms with Crippen molar-refractivity contribution in [3.05, 3.63) is 143 Å². The molecule has 4 aromatic carbocycles. The number of allylic oxidation sites excluding steroid dienone is 2. The fourth-order valence-electron chi connectivity index (χ4n) is 7.20. The zero-order valence-electron chi connectivity index (χ0n) is 28.4. The summed E-state index contributed by atoms with van der Waals surface area (Å²) in [5.74, 6) is 2.37. The van der Waals surface area contributed by atoms with Gasteiger partial charge in [-0.3, -0.25) is 5.92 Å². The molecule has 46 heavy (non-hydrogen) atoms. The summed E-state index contributed by atoms with van der Waals surface area (Å²) >= 11 is 0. The van der Waals surface area contributed by atoms with E-state index in [0.29, 0.717) is 11.8 Å². The van der Waals surface area contributed by atoms with E-state index in [2.05, 4.69) is 144 Å². The predicted octanol–water partition coefficient (Wildman–Crippen LogP) is 13.0. The summed E-state index contributed by atoms with van der Waals surface area (Å²) in [5.41, 5.74) is 14.0.